The molecule has 1 atom stereocenters. The number of rotatable bonds is 11. The highest BCUT2D eigenvalue weighted by atomic mass is 79.9. The molecule has 1 fully saturated rings. The number of para-hydroxylation sites is 1. The van der Waals surface area contributed by atoms with Crippen molar-refractivity contribution in [1.29, 1.82) is 0 Å². The van der Waals surface area contributed by atoms with Crippen molar-refractivity contribution in [2.24, 2.45) is 0 Å². The van der Waals surface area contributed by atoms with Crippen molar-refractivity contribution >= 4 is 43.5 Å². The average molecular weight is 641 g/mol. The molecular formula is C32H38BrN3O4S. The summed E-state index contributed by atoms with van der Waals surface area (Å²) in [7, 11) is -3.82. The first kappa shape index (κ1) is 30.8. The van der Waals surface area contributed by atoms with Crippen LogP contribution >= 0.6 is 15.9 Å². The summed E-state index contributed by atoms with van der Waals surface area (Å²) in [5.41, 5.74) is 3.17. The van der Waals surface area contributed by atoms with E-state index in [1.54, 1.807) is 29.2 Å². The number of aryl methyl sites for hydroxylation is 1. The third-order valence-electron chi connectivity index (χ3n) is 7.62. The van der Waals surface area contributed by atoms with Gasteiger partial charge in [-0.25, -0.2) is 8.42 Å². The number of carbonyl (C=O) groups excluding carboxylic acids is 2. The molecule has 7 nitrogen and oxygen atoms in total. The Bertz CT molecular complexity index is 1440. The summed E-state index contributed by atoms with van der Waals surface area (Å²) in [6.07, 6.45) is 6.52. The van der Waals surface area contributed by atoms with Crippen molar-refractivity contribution in [2.75, 3.05) is 17.1 Å². The van der Waals surface area contributed by atoms with Crippen LogP contribution in [0, 0.1) is 6.92 Å². The maximum Gasteiger partial charge on any atom is 0.244 e. The van der Waals surface area contributed by atoms with E-state index in [4.69, 9.17) is 0 Å². The van der Waals surface area contributed by atoms with Crippen LogP contribution in [0.3, 0.4) is 0 Å². The minimum atomic E-state index is -3.82. The molecule has 1 saturated carbocycles. The van der Waals surface area contributed by atoms with Gasteiger partial charge < -0.3 is 10.2 Å². The number of halogens is 1. The van der Waals surface area contributed by atoms with Crippen LogP contribution in [0.2, 0.25) is 0 Å². The van der Waals surface area contributed by atoms with Gasteiger partial charge in [-0.15, -0.1) is 0 Å². The van der Waals surface area contributed by atoms with Gasteiger partial charge in [0.15, 0.2) is 0 Å². The number of benzene rings is 3. The number of hydrogen-bond donors (Lipinski definition) is 1. The van der Waals surface area contributed by atoms with Gasteiger partial charge in [0.05, 0.1) is 11.9 Å². The minimum Gasteiger partial charge on any atom is -0.352 e. The van der Waals surface area contributed by atoms with Gasteiger partial charge in [-0.3, -0.25) is 13.9 Å². The highest BCUT2D eigenvalue weighted by Crippen LogP contribution is 2.28. The van der Waals surface area contributed by atoms with Crippen LogP contribution in [0.15, 0.2) is 83.3 Å². The molecule has 1 N–H and O–H groups in total. The van der Waals surface area contributed by atoms with Crippen molar-refractivity contribution < 1.29 is 18.0 Å². The van der Waals surface area contributed by atoms with Gasteiger partial charge in [-0.1, -0.05) is 86.0 Å². The molecule has 0 radical (unpaired) electrons. The standard InChI is InChI=1S/C32H38BrN3O4S/c1-24-13-9-10-16-26(24)22-35(31(37)23-36(41(2,39)40)29-20-12-11-19-28(29)33)30(21-25-14-5-3-6-15-25)32(38)34-27-17-7-4-8-18-27/h3,5-6,9-16,19-20,27,30H,4,7-8,17-18,21-23H2,1-2H3,(H,34,38)/t30-/m1/s1. The molecule has 0 unspecified atom stereocenters. The van der Waals surface area contributed by atoms with E-state index in [-0.39, 0.29) is 18.5 Å². The second-order valence-corrected chi connectivity index (χ2v) is 13.5. The first-order chi connectivity index (χ1) is 19.6. The Balaban J connectivity index is 1.74. The van der Waals surface area contributed by atoms with Gasteiger partial charge in [0.1, 0.15) is 12.6 Å². The molecule has 3 aromatic carbocycles. The van der Waals surface area contributed by atoms with Crippen LogP contribution < -0.4 is 9.62 Å². The fourth-order valence-corrected chi connectivity index (χ4v) is 6.80. The van der Waals surface area contributed by atoms with Crippen LogP contribution in [0.5, 0.6) is 0 Å². The number of hydrogen-bond acceptors (Lipinski definition) is 4. The molecule has 0 heterocycles. The third kappa shape index (κ3) is 8.42. The van der Waals surface area contributed by atoms with E-state index in [0.717, 1.165) is 59.4 Å². The molecule has 9 heteroatoms. The van der Waals surface area contributed by atoms with Gasteiger partial charge in [-0.2, -0.15) is 0 Å². The Morgan fingerprint density at radius 3 is 2.22 bits per heavy atom. The van der Waals surface area contributed by atoms with E-state index in [2.05, 4.69) is 21.2 Å². The van der Waals surface area contributed by atoms with Gasteiger partial charge >= 0.3 is 0 Å². The van der Waals surface area contributed by atoms with Gasteiger partial charge in [0.25, 0.3) is 0 Å². The molecule has 0 aliphatic heterocycles. The summed E-state index contributed by atoms with van der Waals surface area (Å²) < 4.78 is 27.6. The molecule has 2 amide bonds. The molecule has 1 aliphatic carbocycles. The van der Waals surface area contributed by atoms with E-state index >= 15 is 0 Å². The fraction of sp³-hybridized carbons (Fsp3) is 0.375. The van der Waals surface area contributed by atoms with Crippen LogP contribution in [-0.2, 0) is 32.6 Å². The summed E-state index contributed by atoms with van der Waals surface area (Å²) in [6.45, 7) is 1.71. The smallest absolute Gasteiger partial charge is 0.244 e. The molecule has 1 aliphatic rings. The molecule has 4 rings (SSSR count). The number of sulfonamides is 1. The number of nitrogens with zero attached hydrogens (tertiary/aromatic N) is 2. The van der Waals surface area contributed by atoms with E-state index in [9.17, 15) is 18.0 Å². The zero-order chi connectivity index (χ0) is 29.4. The lowest BCUT2D eigenvalue weighted by Gasteiger charge is -2.35. The molecule has 0 saturated heterocycles. The largest absolute Gasteiger partial charge is 0.352 e. The van der Waals surface area contributed by atoms with Gasteiger partial charge in [0.2, 0.25) is 21.8 Å². The highest BCUT2D eigenvalue weighted by molar-refractivity contribution is 9.10. The van der Waals surface area contributed by atoms with E-state index in [0.29, 0.717) is 16.6 Å². The Hall–Kier alpha value is -3.17. The Labute approximate surface area is 252 Å². The predicted octanol–water partition coefficient (Wildman–Crippen LogP) is 5.61. The quantitative estimate of drug-likeness (QED) is 0.295. The lowest BCUT2D eigenvalue weighted by Crippen LogP contribution is -2.55. The molecular weight excluding hydrogens is 602 g/mol. The van der Waals surface area contributed by atoms with E-state index < -0.39 is 28.5 Å². The lowest BCUT2D eigenvalue weighted by molar-refractivity contribution is -0.140. The third-order valence-corrected chi connectivity index (χ3v) is 9.42. The SMILES string of the molecule is Cc1ccccc1CN(C(=O)CN(c1ccccc1Br)S(C)(=O)=O)[C@H](Cc1ccccc1)C(=O)NC1CCCCC1. The first-order valence-corrected chi connectivity index (χ1v) is 16.7. The Morgan fingerprint density at radius 1 is 0.927 bits per heavy atom. The number of amides is 2. The second-order valence-electron chi connectivity index (χ2n) is 10.7. The fourth-order valence-electron chi connectivity index (χ4n) is 5.32. The Morgan fingerprint density at radius 2 is 1.56 bits per heavy atom. The number of nitrogens with one attached hydrogen (secondary N) is 1. The van der Waals surface area contributed by atoms with Crippen molar-refractivity contribution in [2.45, 2.75) is 64.1 Å². The maximum atomic E-state index is 14.3. The average Bonchev–Trinajstić information content (AvgIpc) is 2.95. The topological polar surface area (TPSA) is 86.8 Å². The molecule has 0 aromatic heterocycles. The Kier molecular flexibility index (Phi) is 10.6. The molecule has 3 aromatic rings. The van der Waals surface area contributed by atoms with Crippen LogP contribution in [0.1, 0.15) is 48.8 Å². The molecule has 0 spiro atoms. The summed E-state index contributed by atoms with van der Waals surface area (Å²) >= 11 is 3.44. The van der Waals surface area contributed by atoms with Gasteiger partial charge in [0, 0.05) is 23.5 Å². The van der Waals surface area contributed by atoms with Crippen molar-refractivity contribution in [3.05, 3.63) is 100 Å². The number of anilines is 1. The lowest BCUT2D eigenvalue weighted by atomic mass is 9.94. The van der Waals surface area contributed by atoms with Crippen LogP contribution in [0.25, 0.3) is 0 Å². The van der Waals surface area contributed by atoms with E-state index in [1.165, 1.54) is 0 Å². The molecule has 41 heavy (non-hydrogen) atoms. The van der Waals surface area contributed by atoms with E-state index in [1.807, 2.05) is 61.5 Å². The normalized spacial score (nSPS) is 14.7. The first-order valence-electron chi connectivity index (χ1n) is 14.0. The molecule has 0 bridgehead atoms. The van der Waals surface area contributed by atoms with Crippen LogP contribution in [0.4, 0.5) is 5.69 Å². The summed E-state index contributed by atoms with van der Waals surface area (Å²) in [4.78, 5) is 29.8. The zero-order valence-corrected chi connectivity index (χ0v) is 26.0. The molecule has 218 valence electrons. The van der Waals surface area contributed by atoms with Crippen molar-refractivity contribution in [3.63, 3.8) is 0 Å². The number of carbonyl (C=O) groups is 2. The maximum absolute atomic E-state index is 14.3. The van der Waals surface area contributed by atoms with Crippen LogP contribution in [-0.4, -0.2) is 50.0 Å². The predicted molar refractivity (Wildman–Crippen MR) is 167 cm³/mol. The minimum absolute atomic E-state index is 0.0673. The van der Waals surface area contributed by atoms with Gasteiger partial charge in [-0.05, 0) is 64.5 Å². The second kappa shape index (κ2) is 14.1. The van der Waals surface area contributed by atoms with Crippen molar-refractivity contribution in [3.8, 4) is 0 Å². The summed E-state index contributed by atoms with van der Waals surface area (Å²) in [6, 6.07) is 23.5. The summed E-state index contributed by atoms with van der Waals surface area (Å²) in [5.74, 6) is -0.663. The monoisotopic (exact) mass is 639 g/mol. The summed E-state index contributed by atoms with van der Waals surface area (Å²) in [5, 5.41) is 3.23. The van der Waals surface area contributed by atoms with Crippen molar-refractivity contribution in [1.82, 2.24) is 10.2 Å². The highest BCUT2D eigenvalue weighted by Gasteiger charge is 2.34. The zero-order valence-electron chi connectivity index (χ0n) is 23.6.